The minimum absolute atomic E-state index is 0.0325. The first-order valence-electron chi connectivity index (χ1n) is 7.80. The van der Waals surface area contributed by atoms with Gasteiger partial charge in [-0.15, -0.1) is 0 Å². The maximum atomic E-state index is 13.2. The van der Waals surface area contributed by atoms with Gasteiger partial charge in [0.15, 0.2) is 0 Å². The summed E-state index contributed by atoms with van der Waals surface area (Å²) in [6.45, 7) is 4.00. The number of rotatable bonds is 1. The monoisotopic (exact) mass is 286 g/mol. The topological polar surface area (TPSA) is 49.4 Å². The molecular weight excluding hydrogens is 264 g/mol. The van der Waals surface area contributed by atoms with E-state index in [0.717, 1.165) is 37.8 Å². The van der Waals surface area contributed by atoms with Crippen molar-refractivity contribution in [2.24, 2.45) is 0 Å². The molecule has 4 nitrogen and oxygen atoms in total. The number of hydrogen-bond donors (Lipinski definition) is 1. The van der Waals surface area contributed by atoms with Crippen LogP contribution in [0.25, 0.3) is 0 Å². The molecule has 0 unspecified atom stereocenters. The van der Waals surface area contributed by atoms with Gasteiger partial charge in [-0.2, -0.15) is 0 Å². The molecule has 21 heavy (non-hydrogen) atoms. The Morgan fingerprint density at radius 1 is 1.10 bits per heavy atom. The Hall–Kier alpha value is -1.84. The zero-order chi connectivity index (χ0) is 15.0. The smallest absolute Gasteiger partial charge is 0.254 e. The Bertz CT molecular complexity index is 574. The Balaban J connectivity index is 2.13. The highest BCUT2D eigenvalue weighted by Crippen LogP contribution is 2.36. The lowest BCUT2D eigenvalue weighted by molar-refractivity contribution is -0.126. The quantitative estimate of drug-likeness (QED) is 0.863. The van der Waals surface area contributed by atoms with E-state index in [0.29, 0.717) is 5.56 Å². The summed E-state index contributed by atoms with van der Waals surface area (Å²) in [5, 5.41) is 3.05. The lowest BCUT2D eigenvalue weighted by Crippen LogP contribution is -2.60. The summed E-state index contributed by atoms with van der Waals surface area (Å²) in [7, 11) is 0. The number of benzene rings is 1. The number of carbonyl (C=O) groups is 2. The van der Waals surface area contributed by atoms with E-state index in [9.17, 15) is 9.59 Å². The Morgan fingerprint density at radius 2 is 1.76 bits per heavy atom. The third-order valence-electron chi connectivity index (χ3n) is 4.61. The molecule has 1 aliphatic carbocycles. The van der Waals surface area contributed by atoms with Gasteiger partial charge in [0.2, 0.25) is 0 Å². The molecule has 4 heteroatoms. The van der Waals surface area contributed by atoms with E-state index in [-0.39, 0.29) is 17.9 Å². The first-order chi connectivity index (χ1) is 10.1. The van der Waals surface area contributed by atoms with Gasteiger partial charge in [-0.05, 0) is 38.8 Å². The van der Waals surface area contributed by atoms with Crippen molar-refractivity contribution in [1.29, 1.82) is 0 Å². The number of carbonyl (C=O) groups excluding carboxylic acids is 2. The van der Waals surface area contributed by atoms with Crippen molar-refractivity contribution >= 4 is 17.5 Å². The van der Waals surface area contributed by atoms with Gasteiger partial charge >= 0.3 is 0 Å². The molecule has 3 rings (SSSR count). The molecule has 0 atom stereocenters. The SMILES string of the molecule is CC(C)N1C(=O)C2(CCCCC2)NC(=O)c2ccccc21. The minimum atomic E-state index is -0.710. The molecule has 1 saturated carbocycles. The number of hydrogen-bond acceptors (Lipinski definition) is 2. The molecule has 1 spiro atoms. The first-order valence-corrected chi connectivity index (χ1v) is 7.80. The predicted octanol–water partition coefficient (Wildman–Crippen LogP) is 2.87. The van der Waals surface area contributed by atoms with Gasteiger partial charge in [0, 0.05) is 6.04 Å². The summed E-state index contributed by atoms with van der Waals surface area (Å²) in [5.74, 6) is -0.0699. The molecule has 2 aliphatic rings. The molecule has 1 heterocycles. The molecule has 1 aromatic rings. The van der Waals surface area contributed by atoms with Crippen molar-refractivity contribution in [1.82, 2.24) is 5.32 Å². The Morgan fingerprint density at radius 3 is 2.43 bits per heavy atom. The van der Waals surface area contributed by atoms with Gasteiger partial charge in [0.05, 0.1) is 11.3 Å². The maximum absolute atomic E-state index is 13.2. The second kappa shape index (κ2) is 5.17. The molecule has 1 fully saturated rings. The van der Waals surface area contributed by atoms with Crippen LogP contribution >= 0.6 is 0 Å². The summed E-state index contributed by atoms with van der Waals surface area (Å²) in [4.78, 5) is 27.6. The molecule has 0 bridgehead atoms. The number of anilines is 1. The van der Waals surface area contributed by atoms with Gasteiger partial charge in [0.1, 0.15) is 5.54 Å². The van der Waals surface area contributed by atoms with Crippen molar-refractivity contribution in [3.63, 3.8) is 0 Å². The number of nitrogens with one attached hydrogen (secondary N) is 1. The van der Waals surface area contributed by atoms with Crippen LogP contribution in [0.3, 0.4) is 0 Å². The van der Waals surface area contributed by atoms with Crippen LogP contribution in [-0.4, -0.2) is 23.4 Å². The lowest BCUT2D eigenvalue weighted by Gasteiger charge is -2.39. The van der Waals surface area contributed by atoms with Crippen molar-refractivity contribution in [2.75, 3.05) is 4.90 Å². The fourth-order valence-electron chi connectivity index (χ4n) is 3.56. The third kappa shape index (κ3) is 2.23. The van der Waals surface area contributed by atoms with Gasteiger partial charge < -0.3 is 10.2 Å². The van der Waals surface area contributed by atoms with Gasteiger partial charge in [-0.25, -0.2) is 0 Å². The van der Waals surface area contributed by atoms with Crippen LogP contribution in [0, 0.1) is 0 Å². The molecule has 1 aliphatic heterocycles. The van der Waals surface area contributed by atoms with Crippen molar-refractivity contribution < 1.29 is 9.59 Å². The van der Waals surface area contributed by atoms with Crippen LogP contribution in [0.5, 0.6) is 0 Å². The van der Waals surface area contributed by atoms with Crippen LogP contribution < -0.4 is 10.2 Å². The van der Waals surface area contributed by atoms with E-state index in [4.69, 9.17) is 0 Å². The van der Waals surface area contributed by atoms with Crippen LogP contribution in [0.15, 0.2) is 24.3 Å². The van der Waals surface area contributed by atoms with E-state index in [1.165, 1.54) is 0 Å². The summed E-state index contributed by atoms with van der Waals surface area (Å²) in [5.41, 5.74) is 0.623. The highest BCUT2D eigenvalue weighted by molar-refractivity contribution is 6.13. The summed E-state index contributed by atoms with van der Waals surface area (Å²) in [6, 6.07) is 7.43. The maximum Gasteiger partial charge on any atom is 0.254 e. The van der Waals surface area contributed by atoms with Gasteiger partial charge in [-0.3, -0.25) is 9.59 Å². The Labute approximate surface area is 125 Å². The second-order valence-corrected chi connectivity index (χ2v) is 6.38. The highest BCUT2D eigenvalue weighted by atomic mass is 16.2. The second-order valence-electron chi connectivity index (χ2n) is 6.38. The van der Waals surface area contributed by atoms with Crippen LogP contribution in [0.2, 0.25) is 0 Å². The fourth-order valence-corrected chi connectivity index (χ4v) is 3.56. The largest absolute Gasteiger partial charge is 0.338 e. The molecule has 0 radical (unpaired) electrons. The number of para-hydroxylation sites is 1. The van der Waals surface area contributed by atoms with Crippen LogP contribution in [0.1, 0.15) is 56.3 Å². The molecule has 1 N–H and O–H groups in total. The summed E-state index contributed by atoms with van der Waals surface area (Å²) >= 11 is 0. The third-order valence-corrected chi connectivity index (χ3v) is 4.61. The van der Waals surface area contributed by atoms with E-state index in [1.807, 2.05) is 32.0 Å². The van der Waals surface area contributed by atoms with Gasteiger partial charge in [0.25, 0.3) is 11.8 Å². The normalized spacial score (nSPS) is 21.2. The number of nitrogens with zero attached hydrogens (tertiary/aromatic N) is 1. The summed E-state index contributed by atoms with van der Waals surface area (Å²) in [6.07, 6.45) is 4.62. The predicted molar refractivity (Wildman–Crippen MR) is 82.3 cm³/mol. The molecule has 0 aromatic heterocycles. The highest BCUT2D eigenvalue weighted by Gasteiger charge is 2.47. The zero-order valence-electron chi connectivity index (χ0n) is 12.7. The standard InChI is InChI=1S/C17H22N2O2/c1-12(2)19-14-9-5-4-8-13(14)15(20)18-17(16(19)21)10-6-3-7-11-17/h4-5,8-9,12H,3,6-7,10-11H2,1-2H3,(H,18,20). The zero-order valence-corrected chi connectivity index (χ0v) is 12.7. The fraction of sp³-hybridized carbons (Fsp3) is 0.529. The molecule has 2 amide bonds. The van der Waals surface area contributed by atoms with Crippen molar-refractivity contribution in [3.05, 3.63) is 29.8 Å². The molecule has 1 aromatic carbocycles. The van der Waals surface area contributed by atoms with Gasteiger partial charge in [-0.1, -0.05) is 31.4 Å². The van der Waals surface area contributed by atoms with E-state index in [1.54, 1.807) is 11.0 Å². The van der Waals surface area contributed by atoms with Crippen molar-refractivity contribution in [3.8, 4) is 0 Å². The van der Waals surface area contributed by atoms with Crippen LogP contribution in [-0.2, 0) is 4.79 Å². The van der Waals surface area contributed by atoms with E-state index in [2.05, 4.69) is 5.32 Å². The average molecular weight is 286 g/mol. The molecule has 0 saturated heterocycles. The summed E-state index contributed by atoms with van der Waals surface area (Å²) < 4.78 is 0. The minimum Gasteiger partial charge on any atom is -0.338 e. The molecule has 112 valence electrons. The lowest BCUT2D eigenvalue weighted by atomic mass is 9.80. The van der Waals surface area contributed by atoms with Crippen molar-refractivity contribution in [2.45, 2.75) is 57.5 Å². The molecular formula is C17H22N2O2. The van der Waals surface area contributed by atoms with E-state index >= 15 is 0 Å². The first kappa shape index (κ1) is 14.1. The number of fused-ring (bicyclic) bond motifs is 1. The number of amides is 2. The van der Waals surface area contributed by atoms with E-state index < -0.39 is 5.54 Å². The van der Waals surface area contributed by atoms with Crippen LogP contribution in [0.4, 0.5) is 5.69 Å². The Kier molecular flexibility index (Phi) is 3.47. The average Bonchev–Trinajstić information content (AvgIpc) is 2.55.